The summed E-state index contributed by atoms with van der Waals surface area (Å²) in [6.07, 6.45) is 0. The van der Waals surface area contributed by atoms with Gasteiger partial charge in [-0.3, -0.25) is 4.84 Å². The minimum Gasteiger partial charge on any atom is -0.493 e. The first-order chi connectivity index (χ1) is 8.84. The average Bonchev–Trinajstić information content (AvgIpc) is 2.80. The van der Waals surface area contributed by atoms with E-state index in [0.717, 1.165) is 19.0 Å². The van der Waals surface area contributed by atoms with Crippen molar-refractivity contribution in [2.75, 3.05) is 20.3 Å². The summed E-state index contributed by atoms with van der Waals surface area (Å²) < 4.78 is 5.89. The lowest BCUT2D eigenvalue weighted by Gasteiger charge is -2.31. The Labute approximate surface area is 106 Å². The van der Waals surface area contributed by atoms with Gasteiger partial charge in [0.15, 0.2) is 0 Å². The van der Waals surface area contributed by atoms with Crippen molar-refractivity contribution in [1.29, 1.82) is 0 Å². The van der Waals surface area contributed by atoms with E-state index in [2.05, 4.69) is 36.4 Å². The SMILES string of the molecule is CN1OC[C@@H]2COc3ccc4ccccc4c3[C@@H]21. The van der Waals surface area contributed by atoms with Gasteiger partial charge in [0.05, 0.1) is 19.3 Å². The Hall–Kier alpha value is -1.58. The van der Waals surface area contributed by atoms with E-state index in [1.54, 1.807) is 0 Å². The molecule has 18 heavy (non-hydrogen) atoms. The van der Waals surface area contributed by atoms with Crippen LogP contribution in [-0.2, 0) is 4.84 Å². The van der Waals surface area contributed by atoms with Gasteiger partial charge in [0.2, 0.25) is 0 Å². The Morgan fingerprint density at radius 1 is 1.11 bits per heavy atom. The van der Waals surface area contributed by atoms with Gasteiger partial charge in [-0.05, 0) is 16.8 Å². The van der Waals surface area contributed by atoms with Crippen molar-refractivity contribution in [3.8, 4) is 5.75 Å². The molecule has 2 heterocycles. The van der Waals surface area contributed by atoms with Crippen LogP contribution in [0.4, 0.5) is 0 Å². The number of hydroxylamine groups is 2. The second-order valence-electron chi connectivity index (χ2n) is 5.06. The summed E-state index contributed by atoms with van der Waals surface area (Å²) in [6, 6.07) is 13.0. The van der Waals surface area contributed by atoms with E-state index >= 15 is 0 Å². The topological polar surface area (TPSA) is 21.7 Å². The van der Waals surface area contributed by atoms with E-state index in [-0.39, 0.29) is 0 Å². The van der Waals surface area contributed by atoms with Gasteiger partial charge in [-0.2, -0.15) is 5.06 Å². The molecule has 0 aromatic heterocycles. The van der Waals surface area contributed by atoms with Gasteiger partial charge >= 0.3 is 0 Å². The summed E-state index contributed by atoms with van der Waals surface area (Å²) >= 11 is 0. The molecule has 0 unspecified atom stereocenters. The molecule has 0 amide bonds. The van der Waals surface area contributed by atoms with Gasteiger partial charge in [-0.25, -0.2) is 0 Å². The lowest BCUT2D eigenvalue weighted by molar-refractivity contribution is -0.110. The van der Waals surface area contributed by atoms with E-state index in [1.807, 2.05) is 12.1 Å². The van der Waals surface area contributed by atoms with Gasteiger partial charge < -0.3 is 4.74 Å². The molecular formula is C15H15NO2. The molecule has 3 nitrogen and oxygen atoms in total. The number of nitrogens with zero attached hydrogens (tertiary/aromatic N) is 1. The molecule has 1 saturated heterocycles. The third-order valence-electron chi connectivity index (χ3n) is 4.01. The zero-order valence-electron chi connectivity index (χ0n) is 10.3. The largest absolute Gasteiger partial charge is 0.493 e. The monoisotopic (exact) mass is 241 g/mol. The van der Waals surface area contributed by atoms with Crippen molar-refractivity contribution in [2.24, 2.45) is 5.92 Å². The number of hydrogen-bond acceptors (Lipinski definition) is 3. The minimum atomic E-state index is 0.319. The first-order valence-electron chi connectivity index (χ1n) is 6.35. The Kier molecular flexibility index (Phi) is 2.13. The fourth-order valence-corrected chi connectivity index (χ4v) is 3.14. The highest BCUT2D eigenvalue weighted by molar-refractivity contribution is 5.88. The van der Waals surface area contributed by atoms with E-state index in [1.165, 1.54) is 16.3 Å². The Balaban J connectivity index is 2.01. The van der Waals surface area contributed by atoms with Crippen LogP contribution < -0.4 is 4.74 Å². The lowest BCUT2D eigenvalue weighted by atomic mass is 9.88. The summed E-state index contributed by atoms with van der Waals surface area (Å²) in [5, 5.41) is 4.53. The van der Waals surface area contributed by atoms with Crippen LogP contribution in [0.25, 0.3) is 10.8 Å². The molecule has 92 valence electrons. The highest BCUT2D eigenvalue weighted by atomic mass is 16.7. The third kappa shape index (κ3) is 1.32. The van der Waals surface area contributed by atoms with Gasteiger partial charge in [0.1, 0.15) is 5.75 Å². The van der Waals surface area contributed by atoms with Crippen LogP contribution in [0.3, 0.4) is 0 Å². The Morgan fingerprint density at radius 2 is 2.00 bits per heavy atom. The van der Waals surface area contributed by atoms with Gasteiger partial charge in [0, 0.05) is 18.5 Å². The van der Waals surface area contributed by atoms with Gasteiger partial charge in [-0.15, -0.1) is 0 Å². The van der Waals surface area contributed by atoms with Crippen molar-refractivity contribution in [2.45, 2.75) is 6.04 Å². The van der Waals surface area contributed by atoms with Gasteiger partial charge in [-0.1, -0.05) is 30.3 Å². The zero-order chi connectivity index (χ0) is 12.1. The fraction of sp³-hybridized carbons (Fsp3) is 0.333. The highest BCUT2D eigenvalue weighted by Crippen LogP contribution is 2.45. The second-order valence-corrected chi connectivity index (χ2v) is 5.06. The Bertz CT molecular complexity index is 610. The summed E-state index contributed by atoms with van der Waals surface area (Å²) in [7, 11) is 2.02. The molecule has 2 aliphatic heterocycles. The van der Waals surface area contributed by atoms with Crippen LogP contribution in [0, 0.1) is 5.92 Å². The number of fused-ring (bicyclic) bond motifs is 5. The number of benzene rings is 2. The fourth-order valence-electron chi connectivity index (χ4n) is 3.14. The number of ether oxygens (including phenoxy) is 1. The molecule has 0 N–H and O–H groups in total. The smallest absolute Gasteiger partial charge is 0.124 e. The molecule has 0 spiro atoms. The average molecular weight is 241 g/mol. The van der Waals surface area contributed by atoms with Crippen molar-refractivity contribution in [1.82, 2.24) is 5.06 Å². The summed E-state index contributed by atoms with van der Waals surface area (Å²) in [4.78, 5) is 5.66. The second kappa shape index (κ2) is 3.70. The molecule has 0 aliphatic carbocycles. The van der Waals surface area contributed by atoms with Gasteiger partial charge in [0.25, 0.3) is 0 Å². The van der Waals surface area contributed by atoms with Crippen molar-refractivity contribution >= 4 is 10.8 Å². The predicted octanol–water partition coefficient (Wildman–Crippen LogP) is 2.77. The molecule has 3 heteroatoms. The first-order valence-corrected chi connectivity index (χ1v) is 6.35. The standard InChI is InChI=1S/C15H15NO2/c1-16-15-11(9-18-16)8-17-13-7-6-10-4-2-3-5-12(10)14(13)15/h2-7,11,15H,8-9H2,1H3/t11-,15+/m0/s1. The molecule has 0 radical (unpaired) electrons. The van der Waals surface area contributed by atoms with Crippen LogP contribution in [0.5, 0.6) is 5.75 Å². The first kappa shape index (κ1) is 10.4. The molecular weight excluding hydrogens is 226 g/mol. The van der Waals surface area contributed by atoms with Crippen LogP contribution in [0.2, 0.25) is 0 Å². The number of hydrogen-bond donors (Lipinski definition) is 0. The third-order valence-corrected chi connectivity index (χ3v) is 4.01. The molecule has 2 aromatic carbocycles. The van der Waals surface area contributed by atoms with Crippen LogP contribution in [0.15, 0.2) is 36.4 Å². The molecule has 0 saturated carbocycles. The molecule has 0 bridgehead atoms. The normalized spacial score (nSPS) is 26.7. The van der Waals surface area contributed by atoms with E-state index in [0.29, 0.717) is 12.0 Å². The zero-order valence-corrected chi connectivity index (χ0v) is 10.3. The Morgan fingerprint density at radius 3 is 2.94 bits per heavy atom. The molecule has 2 aromatic rings. The predicted molar refractivity (Wildman–Crippen MR) is 69.4 cm³/mol. The van der Waals surface area contributed by atoms with Crippen LogP contribution in [0.1, 0.15) is 11.6 Å². The lowest BCUT2D eigenvalue weighted by Crippen LogP contribution is -2.29. The number of rotatable bonds is 0. The van der Waals surface area contributed by atoms with Crippen molar-refractivity contribution < 1.29 is 9.57 Å². The molecule has 2 aliphatic rings. The highest BCUT2D eigenvalue weighted by Gasteiger charge is 2.40. The summed E-state index contributed by atoms with van der Waals surface area (Å²) in [5.41, 5.74) is 1.28. The maximum Gasteiger partial charge on any atom is 0.124 e. The summed E-state index contributed by atoms with van der Waals surface area (Å²) in [6.45, 7) is 1.50. The molecule has 2 atom stereocenters. The van der Waals surface area contributed by atoms with Crippen LogP contribution in [-0.4, -0.2) is 25.3 Å². The molecule has 4 rings (SSSR count). The maximum absolute atomic E-state index is 5.89. The van der Waals surface area contributed by atoms with Crippen molar-refractivity contribution in [3.05, 3.63) is 42.0 Å². The van der Waals surface area contributed by atoms with E-state index < -0.39 is 0 Å². The maximum atomic E-state index is 5.89. The van der Waals surface area contributed by atoms with E-state index in [4.69, 9.17) is 9.57 Å². The minimum absolute atomic E-state index is 0.319. The van der Waals surface area contributed by atoms with E-state index in [9.17, 15) is 0 Å². The van der Waals surface area contributed by atoms with Crippen LogP contribution >= 0.6 is 0 Å². The summed E-state index contributed by atoms with van der Waals surface area (Å²) in [5.74, 6) is 1.45. The quantitative estimate of drug-likeness (QED) is 0.708. The van der Waals surface area contributed by atoms with Crippen molar-refractivity contribution in [3.63, 3.8) is 0 Å². The molecule has 1 fully saturated rings.